The van der Waals surface area contributed by atoms with Crippen LogP contribution in [0.1, 0.15) is 33.1 Å². The van der Waals surface area contributed by atoms with Gasteiger partial charge in [0, 0.05) is 16.6 Å². The van der Waals surface area contributed by atoms with Gasteiger partial charge in [-0.3, -0.25) is 4.79 Å². The lowest BCUT2D eigenvalue weighted by Crippen LogP contribution is -2.47. The van der Waals surface area contributed by atoms with Gasteiger partial charge >= 0.3 is 5.97 Å². The Morgan fingerprint density at radius 3 is 2.61 bits per heavy atom. The van der Waals surface area contributed by atoms with Gasteiger partial charge in [-0.15, -0.1) is 10.2 Å². The monoisotopic (exact) mass is 423 g/mol. The van der Waals surface area contributed by atoms with E-state index in [9.17, 15) is 9.59 Å². The quantitative estimate of drug-likeness (QED) is 0.447. The lowest BCUT2D eigenvalue weighted by Gasteiger charge is -2.29. The Balaban J connectivity index is 1.63. The summed E-state index contributed by atoms with van der Waals surface area (Å²) in [6.45, 7) is 3.94. The van der Waals surface area contributed by atoms with Crippen LogP contribution in [0.4, 0.5) is 0 Å². The van der Waals surface area contributed by atoms with Crippen molar-refractivity contribution >= 4 is 35.2 Å². The fourth-order valence-electron chi connectivity index (χ4n) is 2.88. The van der Waals surface area contributed by atoms with Gasteiger partial charge in [-0.05, 0) is 50.5 Å². The molecule has 0 saturated heterocycles. The van der Waals surface area contributed by atoms with E-state index in [-0.39, 0.29) is 23.7 Å². The number of carbonyl (C=O) groups excluding carboxylic acids is 2. The fourth-order valence-corrected chi connectivity index (χ4v) is 3.63. The molecule has 9 heteroatoms. The molecule has 1 aliphatic carbocycles. The number of thioether (sulfide) groups is 1. The van der Waals surface area contributed by atoms with Crippen LogP contribution in [0.15, 0.2) is 33.9 Å². The number of esters is 1. The molecular weight excluding hydrogens is 402 g/mol. The first-order valence-electron chi connectivity index (χ1n) is 9.23. The molecule has 1 saturated carbocycles. The summed E-state index contributed by atoms with van der Waals surface area (Å²) in [6.07, 6.45) is 2.34. The maximum atomic E-state index is 12.8. The van der Waals surface area contributed by atoms with Crippen molar-refractivity contribution in [2.24, 2.45) is 0 Å². The Hall–Kier alpha value is -2.06. The molecule has 0 spiro atoms. The molecule has 1 fully saturated rings. The van der Waals surface area contributed by atoms with Gasteiger partial charge in [-0.2, -0.15) is 0 Å². The first kappa shape index (κ1) is 20.7. The molecule has 1 heterocycles. The molecule has 7 nitrogen and oxygen atoms in total. The number of rotatable bonds is 9. The molecule has 1 aromatic heterocycles. The maximum absolute atomic E-state index is 12.8. The summed E-state index contributed by atoms with van der Waals surface area (Å²) in [5.41, 5.74) is 0.753. The van der Waals surface area contributed by atoms with E-state index in [1.807, 2.05) is 6.92 Å². The second-order valence-corrected chi connectivity index (χ2v) is 7.74. The van der Waals surface area contributed by atoms with Gasteiger partial charge in [0.1, 0.15) is 6.04 Å². The molecule has 1 aromatic carbocycles. The van der Waals surface area contributed by atoms with Crippen molar-refractivity contribution < 1.29 is 18.7 Å². The van der Waals surface area contributed by atoms with Gasteiger partial charge in [0.2, 0.25) is 11.8 Å². The highest BCUT2D eigenvalue weighted by molar-refractivity contribution is 7.99. The zero-order valence-corrected chi connectivity index (χ0v) is 17.3. The molecule has 150 valence electrons. The van der Waals surface area contributed by atoms with Crippen molar-refractivity contribution in [1.82, 2.24) is 15.1 Å². The maximum Gasteiger partial charge on any atom is 0.328 e. The average Bonchev–Trinajstić information content (AvgIpc) is 3.41. The molecule has 0 radical (unpaired) electrons. The molecular formula is C19H22ClN3O4S. The smallest absolute Gasteiger partial charge is 0.328 e. The van der Waals surface area contributed by atoms with Crippen LogP contribution in [0, 0.1) is 0 Å². The van der Waals surface area contributed by atoms with Gasteiger partial charge in [-0.25, -0.2) is 4.79 Å². The van der Waals surface area contributed by atoms with E-state index in [1.54, 1.807) is 36.1 Å². The van der Waals surface area contributed by atoms with Crippen LogP contribution in [-0.4, -0.2) is 51.4 Å². The van der Waals surface area contributed by atoms with E-state index in [1.165, 1.54) is 0 Å². The molecule has 1 amide bonds. The van der Waals surface area contributed by atoms with Crippen LogP contribution in [0.3, 0.4) is 0 Å². The van der Waals surface area contributed by atoms with Crippen LogP contribution in [-0.2, 0) is 14.3 Å². The Bertz CT molecular complexity index is 823. The van der Waals surface area contributed by atoms with Crippen LogP contribution in [0.5, 0.6) is 0 Å². The molecule has 0 N–H and O–H groups in total. The zero-order chi connectivity index (χ0) is 20.1. The van der Waals surface area contributed by atoms with E-state index in [0.717, 1.165) is 30.2 Å². The van der Waals surface area contributed by atoms with E-state index >= 15 is 0 Å². The standard InChI is InChI=1S/C19H22ClN3O4S/c1-3-15(18(25)26-4-2)23(14-9-10-14)16(24)11-28-19-22-21-17(27-19)12-5-7-13(20)8-6-12/h5-8,14-15H,3-4,9-11H2,1-2H3/t15-/m0/s1. The number of halogens is 1. The summed E-state index contributed by atoms with van der Waals surface area (Å²) in [7, 11) is 0. The number of amides is 1. The van der Waals surface area contributed by atoms with Crippen molar-refractivity contribution in [3.63, 3.8) is 0 Å². The minimum atomic E-state index is -0.548. The third-order valence-electron chi connectivity index (χ3n) is 4.33. The summed E-state index contributed by atoms with van der Waals surface area (Å²) < 4.78 is 10.8. The number of carbonyl (C=O) groups is 2. The number of nitrogens with zero attached hydrogens (tertiary/aromatic N) is 3. The van der Waals surface area contributed by atoms with Gasteiger partial charge in [0.15, 0.2) is 0 Å². The number of hydrogen-bond donors (Lipinski definition) is 0. The highest BCUT2D eigenvalue weighted by Crippen LogP contribution is 2.31. The second kappa shape index (κ2) is 9.43. The summed E-state index contributed by atoms with van der Waals surface area (Å²) in [4.78, 5) is 26.7. The van der Waals surface area contributed by atoms with Crippen LogP contribution >= 0.6 is 23.4 Å². The van der Waals surface area contributed by atoms with Gasteiger partial charge in [0.05, 0.1) is 12.4 Å². The van der Waals surface area contributed by atoms with Crippen molar-refractivity contribution in [2.45, 2.75) is 50.4 Å². The van der Waals surface area contributed by atoms with Crippen LogP contribution in [0.25, 0.3) is 11.5 Å². The van der Waals surface area contributed by atoms with Crippen molar-refractivity contribution in [1.29, 1.82) is 0 Å². The highest BCUT2D eigenvalue weighted by Gasteiger charge is 2.40. The summed E-state index contributed by atoms with van der Waals surface area (Å²) in [5, 5.41) is 8.92. The predicted molar refractivity (Wildman–Crippen MR) is 106 cm³/mol. The third-order valence-corrected chi connectivity index (χ3v) is 5.38. The van der Waals surface area contributed by atoms with E-state index in [2.05, 4.69) is 10.2 Å². The third kappa shape index (κ3) is 5.05. The Labute approximate surface area is 172 Å². The Morgan fingerprint density at radius 2 is 2.00 bits per heavy atom. The van der Waals surface area contributed by atoms with E-state index in [0.29, 0.717) is 29.2 Å². The average molecular weight is 424 g/mol. The largest absolute Gasteiger partial charge is 0.464 e. The minimum absolute atomic E-state index is 0.106. The number of hydrogen-bond acceptors (Lipinski definition) is 7. The molecule has 1 atom stereocenters. The van der Waals surface area contributed by atoms with E-state index in [4.69, 9.17) is 20.8 Å². The molecule has 2 aromatic rings. The number of aromatic nitrogens is 2. The van der Waals surface area contributed by atoms with Crippen molar-refractivity contribution in [2.75, 3.05) is 12.4 Å². The van der Waals surface area contributed by atoms with Crippen LogP contribution in [0.2, 0.25) is 5.02 Å². The number of benzene rings is 1. The fraction of sp³-hybridized carbons (Fsp3) is 0.474. The van der Waals surface area contributed by atoms with Crippen molar-refractivity contribution in [3.8, 4) is 11.5 Å². The van der Waals surface area contributed by atoms with Crippen molar-refractivity contribution in [3.05, 3.63) is 29.3 Å². The summed E-state index contributed by atoms with van der Waals surface area (Å²) in [5.74, 6) is 0.00890. The molecule has 0 unspecified atom stereocenters. The lowest BCUT2D eigenvalue weighted by molar-refractivity contribution is -0.154. The number of ether oxygens (including phenoxy) is 1. The molecule has 0 bridgehead atoms. The molecule has 1 aliphatic rings. The van der Waals surface area contributed by atoms with Gasteiger partial charge < -0.3 is 14.1 Å². The van der Waals surface area contributed by atoms with Crippen LogP contribution < -0.4 is 0 Å². The lowest BCUT2D eigenvalue weighted by atomic mass is 10.2. The minimum Gasteiger partial charge on any atom is -0.464 e. The highest BCUT2D eigenvalue weighted by atomic mass is 35.5. The predicted octanol–water partition coefficient (Wildman–Crippen LogP) is 3.81. The Kier molecular flexibility index (Phi) is 6.96. The Morgan fingerprint density at radius 1 is 1.29 bits per heavy atom. The summed E-state index contributed by atoms with van der Waals surface area (Å²) >= 11 is 7.05. The SMILES string of the molecule is CCOC(=O)[C@H](CC)N(C(=O)CSc1nnc(-c2ccc(Cl)cc2)o1)C1CC1. The molecule has 0 aliphatic heterocycles. The molecule has 3 rings (SSSR count). The van der Waals surface area contributed by atoms with Gasteiger partial charge in [0.25, 0.3) is 5.22 Å². The first-order valence-corrected chi connectivity index (χ1v) is 10.6. The first-order chi connectivity index (χ1) is 13.5. The van der Waals surface area contributed by atoms with E-state index < -0.39 is 6.04 Å². The molecule has 28 heavy (non-hydrogen) atoms. The summed E-state index contributed by atoms with van der Waals surface area (Å²) in [6, 6.07) is 6.61. The topological polar surface area (TPSA) is 85.5 Å². The zero-order valence-electron chi connectivity index (χ0n) is 15.8. The van der Waals surface area contributed by atoms with Gasteiger partial charge in [-0.1, -0.05) is 30.3 Å². The normalized spacial score (nSPS) is 14.5. The second-order valence-electron chi connectivity index (χ2n) is 6.38.